The molecule has 7 aromatic carbocycles. The van der Waals surface area contributed by atoms with Gasteiger partial charge in [-0.1, -0.05) is 232 Å². The van der Waals surface area contributed by atoms with E-state index in [2.05, 4.69) is 309 Å². The van der Waals surface area contributed by atoms with Crippen molar-refractivity contribution in [3.63, 3.8) is 0 Å². The number of ether oxygens (including phenoxy) is 1. The average molecular weight is 1240 g/mol. The number of benzene rings is 7. The summed E-state index contributed by atoms with van der Waals surface area (Å²) in [4.78, 5) is 9.82. The van der Waals surface area contributed by atoms with Crippen molar-refractivity contribution in [3.8, 4) is 28.4 Å². The molecule has 0 radical (unpaired) electrons. The number of pyridine rings is 1. The Balaban J connectivity index is 0.00000774. The molecule has 0 saturated heterocycles. The van der Waals surface area contributed by atoms with Gasteiger partial charge >= 0.3 is 0 Å². The number of anilines is 2. The molecule has 80 heavy (non-hydrogen) atoms. The van der Waals surface area contributed by atoms with Crippen LogP contribution >= 0.6 is 0 Å². The van der Waals surface area contributed by atoms with Crippen LogP contribution in [0, 0.1) is 24.2 Å². The van der Waals surface area contributed by atoms with Gasteiger partial charge in [-0.2, -0.15) is 0 Å². The van der Waals surface area contributed by atoms with Crippen molar-refractivity contribution in [1.29, 1.82) is 0 Å². The van der Waals surface area contributed by atoms with Crippen molar-refractivity contribution < 1.29 is 25.8 Å². The molecule has 2 aromatic heterocycles. The van der Waals surface area contributed by atoms with Crippen molar-refractivity contribution in [1.82, 2.24) is 9.55 Å². The number of nitrogens with zero attached hydrogens (tertiary/aromatic N) is 4. The van der Waals surface area contributed by atoms with Gasteiger partial charge in [0.15, 0.2) is 0 Å². The Morgan fingerprint density at radius 2 is 1.09 bits per heavy atom. The van der Waals surface area contributed by atoms with Crippen LogP contribution in [0.2, 0.25) is 0 Å². The molecule has 1 aliphatic heterocycles. The van der Waals surface area contributed by atoms with Gasteiger partial charge in [0.25, 0.3) is 0 Å². The first-order chi connectivity index (χ1) is 37.2. The quantitative estimate of drug-likeness (QED) is 0.114. The summed E-state index contributed by atoms with van der Waals surface area (Å²) in [7, 11) is 0. The van der Waals surface area contributed by atoms with E-state index in [1.807, 2.05) is 6.20 Å². The van der Waals surface area contributed by atoms with E-state index in [4.69, 9.17) is 9.72 Å². The minimum atomic E-state index is -0.455. The third-order valence-electron chi connectivity index (χ3n) is 16.5. The van der Waals surface area contributed by atoms with Crippen LogP contribution < -0.4 is 14.5 Å². The van der Waals surface area contributed by atoms with E-state index in [9.17, 15) is 0 Å². The van der Waals surface area contributed by atoms with Crippen molar-refractivity contribution in [3.05, 3.63) is 233 Å². The maximum absolute atomic E-state index is 7.46. The molecule has 0 N–H and O–H groups in total. The zero-order valence-corrected chi connectivity index (χ0v) is 52.6. The van der Waals surface area contributed by atoms with E-state index in [1.165, 1.54) is 44.5 Å². The number of aromatic nitrogens is 2. The zero-order chi connectivity index (χ0) is 56.6. The predicted octanol–water partition coefficient (Wildman–Crippen LogP) is 20.1. The van der Waals surface area contributed by atoms with Crippen LogP contribution in [-0.4, -0.2) is 9.55 Å². The molecule has 0 spiro atoms. The molecule has 0 unspecified atom stereocenters. The number of fused-ring (bicyclic) bond motifs is 3. The zero-order valence-electron chi connectivity index (χ0n) is 50.3. The van der Waals surface area contributed by atoms with Gasteiger partial charge in [-0.25, -0.2) is 4.98 Å². The molecular formula is C74H81N4OPt-3. The van der Waals surface area contributed by atoms with E-state index in [1.54, 1.807) is 0 Å². The molecule has 9 aromatic rings. The second kappa shape index (κ2) is 21.7. The van der Waals surface area contributed by atoms with Crippen LogP contribution in [0.25, 0.3) is 38.8 Å². The first-order valence-electron chi connectivity index (χ1n) is 28.5. The van der Waals surface area contributed by atoms with Crippen LogP contribution in [0.15, 0.2) is 170 Å². The van der Waals surface area contributed by atoms with Crippen LogP contribution in [-0.2, 0) is 42.7 Å². The topological polar surface area (TPSA) is 33.5 Å². The Morgan fingerprint density at radius 1 is 0.525 bits per heavy atom. The third kappa shape index (κ3) is 11.1. The van der Waals surface area contributed by atoms with Gasteiger partial charge in [0, 0.05) is 66.5 Å². The summed E-state index contributed by atoms with van der Waals surface area (Å²) in [5, 5.41) is 2.25. The molecule has 1 aliphatic rings. The SMILES string of the molecule is CC(C)c1cccc(C(C)C)c1-c1cc(Oc2[c-]c3c(c(C(C)(C)c4ccccc4)c2)c2ccccc2n3-c2cc(C(C)(C)c3ccccc3)ccn2)[c-]c(N2[CH-]N(c3cc(C(C)(C)C)cc(C(C)(C)C)c3)C=C2C(C)(C)C)c1.[Pt]. The minimum absolute atomic E-state index is 0. The van der Waals surface area contributed by atoms with Crippen LogP contribution in [0.4, 0.5) is 11.4 Å². The largest absolute Gasteiger partial charge is 0.509 e. The Labute approximate surface area is 493 Å². The van der Waals surface area contributed by atoms with Gasteiger partial charge in [-0.15, -0.1) is 53.8 Å². The Hall–Kier alpha value is -6.68. The minimum Gasteiger partial charge on any atom is -0.509 e. The maximum Gasteiger partial charge on any atom is 0.135 e. The molecule has 0 aliphatic carbocycles. The van der Waals surface area contributed by atoms with Crippen LogP contribution in [0.5, 0.6) is 11.5 Å². The van der Waals surface area contributed by atoms with E-state index < -0.39 is 5.41 Å². The fourth-order valence-electron chi connectivity index (χ4n) is 11.5. The number of hydrogen-bond donors (Lipinski definition) is 0. The molecule has 10 rings (SSSR count). The smallest absolute Gasteiger partial charge is 0.135 e. The monoisotopic (exact) mass is 1240 g/mol. The van der Waals surface area contributed by atoms with Gasteiger partial charge in [-0.3, -0.25) is 0 Å². The first kappa shape index (κ1) is 58.0. The molecular weight excluding hydrogens is 1160 g/mol. The van der Waals surface area contributed by atoms with Gasteiger partial charge in [-0.05, 0) is 115 Å². The molecule has 3 heterocycles. The summed E-state index contributed by atoms with van der Waals surface area (Å²) in [6.07, 6.45) is 4.27. The van der Waals surface area contributed by atoms with Crippen LogP contribution in [0.3, 0.4) is 0 Å². The average Bonchev–Trinajstić information content (AvgIpc) is 4.20. The maximum atomic E-state index is 7.46. The van der Waals surface area contributed by atoms with E-state index in [-0.39, 0.29) is 54.6 Å². The van der Waals surface area contributed by atoms with Gasteiger partial charge in [0.1, 0.15) is 5.82 Å². The Morgan fingerprint density at radius 3 is 1.66 bits per heavy atom. The van der Waals surface area contributed by atoms with E-state index in [0.717, 1.165) is 55.8 Å². The van der Waals surface area contributed by atoms with E-state index >= 15 is 0 Å². The standard InChI is InChI=1S/C74H81N4O.Pt/c1-48(2)60-32-26-33-61(49(3)4)68(60)50-37-57(77-47-76(46-66(77)72(11,12)13)56-40-54(70(5,6)7)39-55(41-56)71(8,9)10)43-58(38-50)79-59-44-63(74(16,17)52-29-22-19-23-30-52)69-62-31-24-25-34-64(62)78(65(69)45-59)67-42-53(35-36-75-67)73(14,15)51-27-20-18-21-28-51;/h18-42,44,46-49H,1-17H3;/q-3;. The summed E-state index contributed by atoms with van der Waals surface area (Å²) in [6, 6.07) is 63.2. The molecule has 0 amide bonds. The van der Waals surface area contributed by atoms with E-state index in [0.29, 0.717) is 11.5 Å². The predicted molar refractivity (Wildman–Crippen MR) is 334 cm³/mol. The van der Waals surface area contributed by atoms with Gasteiger partial charge in [0.2, 0.25) is 0 Å². The summed E-state index contributed by atoms with van der Waals surface area (Å²) < 4.78 is 9.76. The Bertz CT molecular complexity index is 3690. The van der Waals surface area contributed by atoms with Gasteiger partial charge < -0.3 is 19.1 Å². The summed E-state index contributed by atoms with van der Waals surface area (Å²) in [5.41, 5.74) is 16.4. The van der Waals surface area contributed by atoms with Crippen molar-refractivity contribution >= 4 is 33.2 Å². The van der Waals surface area contributed by atoms with Crippen molar-refractivity contribution in [2.24, 2.45) is 5.41 Å². The van der Waals surface area contributed by atoms with Gasteiger partial charge in [0.05, 0.1) is 0 Å². The first-order valence-corrected chi connectivity index (χ1v) is 28.5. The second-order valence-electron chi connectivity index (χ2n) is 26.8. The van der Waals surface area contributed by atoms with Crippen molar-refractivity contribution in [2.45, 2.75) is 151 Å². The number of allylic oxidation sites excluding steroid dienone is 1. The third-order valence-corrected chi connectivity index (χ3v) is 16.5. The van der Waals surface area contributed by atoms with Crippen molar-refractivity contribution in [2.75, 3.05) is 9.80 Å². The Kier molecular flexibility index (Phi) is 15.7. The van der Waals surface area contributed by atoms with Crippen LogP contribution in [0.1, 0.15) is 174 Å². The molecule has 0 fully saturated rings. The molecule has 0 saturated carbocycles. The number of rotatable bonds is 12. The number of hydrogen-bond acceptors (Lipinski definition) is 4. The number of para-hydroxylation sites is 1. The molecule has 6 heteroatoms. The fourth-order valence-corrected chi connectivity index (χ4v) is 11.5. The summed E-state index contributed by atoms with van der Waals surface area (Å²) in [6.45, 7) is 41.4. The molecule has 5 nitrogen and oxygen atoms in total. The normalized spacial score (nSPS) is 13.7. The molecule has 0 atom stereocenters. The second-order valence-corrected chi connectivity index (χ2v) is 26.8. The summed E-state index contributed by atoms with van der Waals surface area (Å²) in [5.74, 6) is 2.59. The summed E-state index contributed by atoms with van der Waals surface area (Å²) >= 11 is 0. The fraction of sp³-hybridized carbons (Fsp3) is 0.324. The molecule has 0 bridgehead atoms. The molecule has 416 valence electrons.